The number of hydrogen-bond donors (Lipinski definition) is 2. The Morgan fingerprint density at radius 1 is 1.40 bits per heavy atom. The van der Waals surface area contributed by atoms with Crippen LogP contribution in [0, 0.1) is 0 Å². The van der Waals surface area contributed by atoms with E-state index >= 15 is 0 Å². The normalized spacial score (nSPS) is 10.2. The molecule has 5 nitrogen and oxygen atoms in total. The third kappa shape index (κ3) is 4.07. The molecule has 20 heavy (non-hydrogen) atoms. The highest BCUT2D eigenvalue weighted by molar-refractivity contribution is 8.01. The van der Waals surface area contributed by atoms with Gasteiger partial charge in [-0.05, 0) is 12.1 Å². The highest BCUT2D eigenvalue weighted by Gasteiger charge is 2.09. The van der Waals surface area contributed by atoms with E-state index in [0.717, 1.165) is 14.6 Å². The molecule has 7 heteroatoms. The molecule has 1 heterocycles. The minimum Gasteiger partial charge on any atom is -0.334 e. The molecule has 0 saturated heterocycles. The number of nitrogens with zero attached hydrogens (tertiary/aromatic N) is 1. The maximum Gasteiger partial charge on any atom is 0.321 e. The van der Waals surface area contributed by atoms with Crippen LogP contribution in [0.1, 0.15) is 0 Å². The van der Waals surface area contributed by atoms with Gasteiger partial charge >= 0.3 is 6.03 Å². The number of imide groups is 1. The van der Waals surface area contributed by atoms with Crippen molar-refractivity contribution in [2.75, 3.05) is 12.3 Å². The molecule has 0 aliphatic rings. The van der Waals surface area contributed by atoms with Crippen LogP contribution in [0.15, 0.2) is 41.3 Å². The Morgan fingerprint density at radius 2 is 2.20 bits per heavy atom. The van der Waals surface area contributed by atoms with E-state index in [1.165, 1.54) is 23.1 Å². The highest BCUT2D eigenvalue weighted by atomic mass is 32.2. The average molecular weight is 307 g/mol. The Kier molecular flexibility index (Phi) is 5.14. The van der Waals surface area contributed by atoms with Crippen LogP contribution in [-0.2, 0) is 4.79 Å². The first kappa shape index (κ1) is 14.5. The maximum atomic E-state index is 11.6. The first-order chi connectivity index (χ1) is 9.69. The third-order valence-electron chi connectivity index (χ3n) is 2.26. The number of para-hydroxylation sites is 1. The molecule has 0 aliphatic heterocycles. The van der Waals surface area contributed by atoms with Crippen molar-refractivity contribution in [1.29, 1.82) is 0 Å². The number of rotatable bonds is 5. The SMILES string of the molecule is C=CCNC(=O)NC(=O)CSc1nc2ccccc2s1. The summed E-state index contributed by atoms with van der Waals surface area (Å²) < 4.78 is 1.90. The smallest absolute Gasteiger partial charge is 0.321 e. The van der Waals surface area contributed by atoms with Gasteiger partial charge in [0.1, 0.15) is 0 Å². The van der Waals surface area contributed by atoms with Gasteiger partial charge in [-0.1, -0.05) is 30.0 Å². The summed E-state index contributed by atoms with van der Waals surface area (Å²) in [6.07, 6.45) is 1.54. The fourth-order valence-electron chi connectivity index (χ4n) is 1.41. The van der Waals surface area contributed by atoms with E-state index in [9.17, 15) is 9.59 Å². The molecule has 0 unspecified atom stereocenters. The quantitative estimate of drug-likeness (QED) is 0.657. The summed E-state index contributed by atoms with van der Waals surface area (Å²) >= 11 is 2.85. The molecule has 0 fully saturated rings. The Labute approximate surface area is 124 Å². The molecule has 3 amide bonds. The van der Waals surface area contributed by atoms with Gasteiger partial charge in [0.2, 0.25) is 5.91 Å². The van der Waals surface area contributed by atoms with Crippen LogP contribution in [-0.4, -0.2) is 29.2 Å². The lowest BCUT2D eigenvalue weighted by Gasteiger charge is -2.03. The standard InChI is InChI=1S/C13H13N3O2S2/c1-2-7-14-12(18)16-11(17)8-19-13-15-9-5-3-4-6-10(9)20-13/h2-6H,1,7-8H2,(H2,14,16,17,18). The number of carbonyl (C=O) groups excluding carboxylic acids is 2. The summed E-state index contributed by atoms with van der Waals surface area (Å²) in [5.74, 6) is -0.197. The molecule has 2 rings (SSSR count). The van der Waals surface area contributed by atoms with Gasteiger partial charge in [-0.2, -0.15) is 0 Å². The van der Waals surface area contributed by atoms with Crippen LogP contribution in [0.4, 0.5) is 4.79 Å². The summed E-state index contributed by atoms with van der Waals surface area (Å²) in [7, 11) is 0. The second kappa shape index (κ2) is 7.06. The predicted octanol–water partition coefficient (Wildman–Crippen LogP) is 2.40. The van der Waals surface area contributed by atoms with Crippen molar-refractivity contribution in [3.8, 4) is 0 Å². The number of nitrogens with one attached hydrogen (secondary N) is 2. The molecular weight excluding hydrogens is 294 g/mol. The molecule has 0 atom stereocenters. The molecular formula is C13H13N3O2S2. The van der Waals surface area contributed by atoms with E-state index < -0.39 is 6.03 Å². The Morgan fingerprint density at radius 3 is 2.95 bits per heavy atom. The summed E-state index contributed by atoms with van der Waals surface area (Å²) in [5.41, 5.74) is 0.920. The van der Waals surface area contributed by atoms with Crippen LogP contribution >= 0.6 is 23.1 Å². The van der Waals surface area contributed by atoms with Gasteiger partial charge in [-0.3, -0.25) is 10.1 Å². The number of hydrogen-bond acceptors (Lipinski definition) is 5. The fourth-order valence-corrected chi connectivity index (χ4v) is 3.28. The van der Waals surface area contributed by atoms with E-state index in [1.807, 2.05) is 24.3 Å². The number of fused-ring (bicyclic) bond motifs is 1. The van der Waals surface area contributed by atoms with Gasteiger partial charge in [0, 0.05) is 6.54 Å². The van der Waals surface area contributed by atoms with Crippen LogP contribution in [0.3, 0.4) is 0 Å². The first-order valence-electron chi connectivity index (χ1n) is 5.86. The van der Waals surface area contributed by atoms with Crippen LogP contribution in [0.25, 0.3) is 10.2 Å². The zero-order valence-corrected chi connectivity index (χ0v) is 12.2. The maximum absolute atomic E-state index is 11.6. The van der Waals surface area contributed by atoms with E-state index in [4.69, 9.17) is 0 Å². The second-order valence-corrected chi connectivity index (χ2v) is 6.04. The summed E-state index contributed by atoms with van der Waals surface area (Å²) in [6, 6.07) is 7.27. The average Bonchev–Trinajstić information content (AvgIpc) is 2.85. The van der Waals surface area contributed by atoms with Gasteiger partial charge in [-0.25, -0.2) is 9.78 Å². The lowest BCUT2D eigenvalue weighted by molar-refractivity contribution is -0.117. The number of carbonyl (C=O) groups is 2. The zero-order valence-electron chi connectivity index (χ0n) is 10.6. The molecule has 0 spiro atoms. The van der Waals surface area contributed by atoms with Crippen molar-refractivity contribution in [1.82, 2.24) is 15.6 Å². The fraction of sp³-hybridized carbons (Fsp3) is 0.154. The van der Waals surface area contributed by atoms with Crippen LogP contribution in [0.5, 0.6) is 0 Å². The number of amides is 3. The summed E-state index contributed by atoms with van der Waals surface area (Å²) in [5, 5.41) is 4.71. The van der Waals surface area contributed by atoms with Crippen molar-refractivity contribution in [3.05, 3.63) is 36.9 Å². The van der Waals surface area contributed by atoms with E-state index in [2.05, 4.69) is 22.2 Å². The molecule has 0 saturated carbocycles. The molecule has 1 aromatic carbocycles. The molecule has 0 aliphatic carbocycles. The first-order valence-corrected chi connectivity index (χ1v) is 7.66. The van der Waals surface area contributed by atoms with Gasteiger partial charge < -0.3 is 5.32 Å². The van der Waals surface area contributed by atoms with Crippen molar-refractivity contribution in [2.45, 2.75) is 4.34 Å². The molecule has 104 valence electrons. The van der Waals surface area contributed by atoms with Crippen LogP contribution < -0.4 is 10.6 Å². The van der Waals surface area contributed by atoms with Gasteiger partial charge in [0.05, 0.1) is 16.0 Å². The Balaban J connectivity index is 1.83. The minimum absolute atomic E-state index is 0.154. The molecule has 0 bridgehead atoms. The molecule has 0 radical (unpaired) electrons. The van der Waals surface area contributed by atoms with Crippen molar-refractivity contribution < 1.29 is 9.59 Å². The van der Waals surface area contributed by atoms with Gasteiger partial charge in [0.15, 0.2) is 4.34 Å². The number of thioether (sulfide) groups is 1. The zero-order chi connectivity index (χ0) is 14.4. The minimum atomic E-state index is -0.514. The van der Waals surface area contributed by atoms with Gasteiger partial charge in [0.25, 0.3) is 0 Å². The Hall–Kier alpha value is -1.86. The third-order valence-corrected chi connectivity index (χ3v) is 4.44. The Bertz CT molecular complexity index is 606. The lowest BCUT2D eigenvalue weighted by Crippen LogP contribution is -2.40. The highest BCUT2D eigenvalue weighted by Crippen LogP contribution is 2.28. The summed E-state index contributed by atoms with van der Waals surface area (Å²) in [4.78, 5) is 27.2. The van der Waals surface area contributed by atoms with E-state index in [0.29, 0.717) is 6.54 Å². The number of thiazole rings is 1. The molecule has 2 aromatic rings. The second-order valence-electron chi connectivity index (χ2n) is 3.78. The molecule has 2 N–H and O–H groups in total. The van der Waals surface area contributed by atoms with Crippen LogP contribution in [0.2, 0.25) is 0 Å². The number of aromatic nitrogens is 1. The van der Waals surface area contributed by atoms with Crippen molar-refractivity contribution >= 4 is 45.3 Å². The lowest BCUT2D eigenvalue weighted by atomic mass is 10.3. The van der Waals surface area contributed by atoms with Gasteiger partial charge in [-0.15, -0.1) is 17.9 Å². The van der Waals surface area contributed by atoms with E-state index in [-0.39, 0.29) is 11.7 Å². The van der Waals surface area contributed by atoms with Crippen molar-refractivity contribution in [3.63, 3.8) is 0 Å². The predicted molar refractivity (Wildman–Crippen MR) is 82.1 cm³/mol. The summed E-state index contributed by atoms with van der Waals surface area (Å²) in [6.45, 7) is 3.79. The number of benzene rings is 1. The molecule has 1 aromatic heterocycles. The largest absolute Gasteiger partial charge is 0.334 e. The van der Waals surface area contributed by atoms with E-state index in [1.54, 1.807) is 6.08 Å². The number of urea groups is 1. The monoisotopic (exact) mass is 307 g/mol. The topological polar surface area (TPSA) is 71.1 Å². The van der Waals surface area contributed by atoms with Crippen molar-refractivity contribution in [2.24, 2.45) is 0 Å².